The summed E-state index contributed by atoms with van der Waals surface area (Å²) in [6.45, 7) is 3.92. The van der Waals surface area contributed by atoms with Gasteiger partial charge in [0.1, 0.15) is 5.69 Å². The third kappa shape index (κ3) is 3.66. The van der Waals surface area contributed by atoms with Crippen LogP contribution in [0.5, 0.6) is 0 Å². The molecule has 23 heavy (non-hydrogen) atoms. The number of hydrogen-bond donors (Lipinski definition) is 1. The zero-order valence-electron chi connectivity index (χ0n) is 12.4. The first-order valence-corrected chi connectivity index (χ1v) is 7.11. The van der Waals surface area contributed by atoms with Crippen molar-refractivity contribution in [2.24, 2.45) is 5.92 Å². The second-order valence-corrected chi connectivity index (χ2v) is 5.45. The molecule has 2 aromatic rings. The number of nitrogens with one attached hydrogen (secondary N) is 1. The molecule has 0 bridgehead atoms. The Hall–Kier alpha value is -2.45. The average Bonchev–Trinajstić information content (AvgIpc) is 2.47. The largest absolute Gasteiger partial charge is 0.433 e. The van der Waals surface area contributed by atoms with Gasteiger partial charge in [0.05, 0.1) is 5.69 Å². The molecular formula is C14H15F3N6. The van der Waals surface area contributed by atoms with E-state index in [2.05, 4.69) is 30.4 Å². The lowest BCUT2D eigenvalue weighted by atomic mass is 10.0. The van der Waals surface area contributed by atoms with Gasteiger partial charge in [0.15, 0.2) is 5.82 Å². The highest BCUT2D eigenvalue weighted by Gasteiger charge is 2.33. The van der Waals surface area contributed by atoms with Crippen molar-refractivity contribution in [2.75, 3.05) is 29.9 Å². The third-order valence-corrected chi connectivity index (χ3v) is 3.56. The lowest BCUT2D eigenvalue weighted by molar-refractivity contribution is -0.141. The highest BCUT2D eigenvalue weighted by Crippen LogP contribution is 2.28. The predicted molar refractivity (Wildman–Crippen MR) is 78.0 cm³/mol. The molecule has 0 amide bonds. The van der Waals surface area contributed by atoms with Crippen LogP contribution in [0, 0.1) is 12.8 Å². The molecule has 3 rings (SSSR count). The third-order valence-electron chi connectivity index (χ3n) is 3.56. The summed E-state index contributed by atoms with van der Waals surface area (Å²) >= 11 is 0. The number of aromatic nitrogens is 4. The molecule has 0 aromatic carbocycles. The number of alkyl halides is 3. The normalized spacial score (nSPS) is 15.4. The summed E-state index contributed by atoms with van der Waals surface area (Å²) in [5.74, 6) is 1.10. The highest BCUT2D eigenvalue weighted by atomic mass is 19.4. The van der Waals surface area contributed by atoms with Gasteiger partial charge in [-0.2, -0.15) is 18.3 Å². The maximum atomic E-state index is 12.6. The van der Waals surface area contributed by atoms with E-state index in [0.29, 0.717) is 12.5 Å². The van der Waals surface area contributed by atoms with Gasteiger partial charge in [-0.25, -0.2) is 9.97 Å². The molecule has 0 unspecified atom stereocenters. The van der Waals surface area contributed by atoms with Gasteiger partial charge in [0.25, 0.3) is 0 Å². The van der Waals surface area contributed by atoms with E-state index in [-0.39, 0.29) is 5.95 Å². The van der Waals surface area contributed by atoms with E-state index < -0.39 is 11.9 Å². The van der Waals surface area contributed by atoms with Gasteiger partial charge < -0.3 is 10.2 Å². The topological polar surface area (TPSA) is 66.8 Å². The molecule has 1 aliphatic rings. The second kappa shape index (κ2) is 5.98. The van der Waals surface area contributed by atoms with Crippen LogP contribution in [0.1, 0.15) is 11.4 Å². The Bertz CT molecular complexity index is 667. The summed E-state index contributed by atoms with van der Waals surface area (Å²) in [5.41, 5.74) is -0.0886. The summed E-state index contributed by atoms with van der Waals surface area (Å²) in [6.07, 6.45) is -3.36. The van der Waals surface area contributed by atoms with Crippen molar-refractivity contribution in [3.05, 3.63) is 35.8 Å². The molecule has 0 radical (unpaired) electrons. The molecule has 1 saturated heterocycles. The Labute approximate surface area is 130 Å². The summed E-state index contributed by atoms with van der Waals surface area (Å²) in [5, 5.41) is 11.0. The molecule has 0 saturated carbocycles. The van der Waals surface area contributed by atoms with Crippen LogP contribution in [0.3, 0.4) is 0 Å². The van der Waals surface area contributed by atoms with E-state index in [0.717, 1.165) is 36.9 Å². The van der Waals surface area contributed by atoms with Crippen molar-refractivity contribution in [3.63, 3.8) is 0 Å². The maximum Gasteiger partial charge on any atom is 0.433 e. The molecule has 0 aliphatic carbocycles. The van der Waals surface area contributed by atoms with Gasteiger partial charge in [0.2, 0.25) is 5.95 Å². The summed E-state index contributed by atoms with van der Waals surface area (Å²) in [7, 11) is 0. The van der Waals surface area contributed by atoms with Gasteiger partial charge >= 0.3 is 6.18 Å². The zero-order valence-corrected chi connectivity index (χ0v) is 12.4. The molecule has 1 fully saturated rings. The number of nitrogens with zero attached hydrogens (tertiary/aromatic N) is 5. The molecule has 6 nitrogen and oxygen atoms in total. The van der Waals surface area contributed by atoms with Crippen LogP contribution in [0.4, 0.5) is 24.9 Å². The second-order valence-electron chi connectivity index (χ2n) is 5.45. The Kier molecular flexibility index (Phi) is 4.01. The van der Waals surface area contributed by atoms with Crippen LogP contribution >= 0.6 is 0 Å². The number of hydrogen-bond acceptors (Lipinski definition) is 6. The number of anilines is 2. The molecule has 9 heteroatoms. The summed E-state index contributed by atoms with van der Waals surface area (Å²) in [6, 6.07) is 4.65. The van der Waals surface area contributed by atoms with Crippen molar-refractivity contribution < 1.29 is 13.2 Å². The zero-order chi connectivity index (χ0) is 16.4. The van der Waals surface area contributed by atoms with E-state index in [1.54, 1.807) is 0 Å². The van der Waals surface area contributed by atoms with Crippen LogP contribution in [0.25, 0.3) is 0 Å². The monoisotopic (exact) mass is 324 g/mol. The van der Waals surface area contributed by atoms with E-state index in [9.17, 15) is 13.2 Å². The first-order chi connectivity index (χ1) is 10.9. The van der Waals surface area contributed by atoms with E-state index in [4.69, 9.17) is 0 Å². The lowest BCUT2D eigenvalue weighted by Gasteiger charge is -2.39. The Morgan fingerprint density at radius 2 is 2.00 bits per heavy atom. The summed E-state index contributed by atoms with van der Waals surface area (Å²) in [4.78, 5) is 9.35. The molecule has 1 N–H and O–H groups in total. The molecular weight excluding hydrogens is 309 g/mol. The number of rotatable bonds is 4. The molecule has 1 aliphatic heterocycles. The Morgan fingerprint density at radius 1 is 1.22 bits per heavy atom. The smallest absolute Gasteiger partial charge is 0.354 e. The molecule has 3 heterocycles. The van der Waals surface area contributed by atoms with Crippen molar-refractivity contribution >= 4 is 11.8 Å². The van der Waals surface area contributed by atoms with Gasteiger partial charge in [-0.15, -0.1) is 5.10 Å². The first kappa shape index (κ1) is 15.4. The Balaban J connectivity index is 1.50. The SMILES string of the molecule is Cc1ccc(N2CC(CNc3nccc(C(F)(F)F)n3)C2)nn1. The molecule has 0 spiro atoms. The minimum absolute atomic E-state index is 0.00611. The van der Waals surface area contributed by atoms with E-state index in [1.807, 2.05) is 19.1 Å². The fourth-order valence-electron chi connectivity index (χ4n) is 2.28. The number of aryl methyl sites for hydroxylation is 1. The van der Waals surface area contributed by atoms with Crippen LogP contribution in [-0.2, 0) is 6.18 Å². The van der Waals surface area contributed by atoms with Crippen molar-refractivity contribution in [2.45, 2.75) is 13.1 Å². The minimum atomic E-state index is -4.46. The first-order valence-electron chi connectivity index (χ1n) is 7.11. The highest BCUT2D eigenvalue weighted by molar-refractivity contribution is 5.41. The lowest BCUT2D eigenvalue weighted by Crippen LogP contribution is -2.50. The van der Waals surface area contributed by atoms with Crippen LogP contribution < -0.4 is 10.2 Å². The fraction of sp³-hybridized carbons (Fsp3) is 0.429. The van der Waals surface area contributed by atoms with Crippen LogP contribution in [-0.4, -0.2) is 39.8 Å². The van der Waals surface area contributed by atoms with E-state index >= 15 is 0 Å². The standard InChI is InChI=1S/C14H15F3N6/c1-9-2-3-12(22-21-9)23-7-10(8-23)6-19-13-18-5-4-11(20-13)14(15,16)17/h2-5,10H,6-8H2,1H3,(H,18,19,20). The average molecular weight is 324 g/mol. The summed E-state index contributed by atoms with van der Waals surface area (Å²) < 4.78 is 37.7. The van der Waals surface area contributed by atoms with Gasteiger partial charge in [0, 0.05) is 31.7 Å². The Morgan fingerprint density at radius 3 is 2.65 bits per heavy atom. The molecule has 2 aromatic heterocycles. The van der Waals surface area contributed by atoms with Crippen LogP contribution in [0.15, 0.2) is 24.4 Å². The number of halogens is 3. The van der Waals surface area contributed by atoms with Crippen LogP contribution in [0.2, 0.25) is 0 Å². The molecule has 0 atom stereocenters. The fourth-order valence-corrected chi connectivity index (χ4v) is 2.28. The molecule has 122 valence electrons. The van der Waals surface area contributed by atoms with Gasteiger partial charge in [-0.3, -0.25) is 0 Å². The maximum absolute atomic E-state index is 12.6. The quantitative estimate of drug-likeness (QED) is 0.929. The minimum Gasteiger partial charge on any atom is -0.354 e. The van der Waals surface area contributed by atoms with Gasteiger partial charge in [-0.05, 0) is 25.1 Å². The van der Waals surface area contributed by atoms with Crippen molar-refractivity contribution in [3.8, 4) is 0 Å². The predicted octanol–water partition coefficient (Wildman–Crippen LogP) is 2.14. The van der Waals surface area contributed by atoms with Crippen molar-refractivity contribution in [1.29, 1.82) is 0 Å². The van der Waals surface area contributed by atoms with Gasteiger partial charge in [-0.1, -0.05) is 0 Å². The van der Waals surface area contributed by atoms with Crippen molar-refractivity contribution in [1.82, 2.24) is 20.2 Å². The van der Waals surface area contributed by atoms with E-state index in [1.165, 1.54) is 0 Å².